The third-order valence-electron chi connectivity index (χ3n) is 5.05. The van der Waals surface area contributed by atoms with Gasteiger partial charge in [-0.15, -0.1) is 0 Å². The first-order chi connectivity index (χ1) is 15.5. The van der Waals surface area contributed by atoms with E-state index in [1.807, 2.05) is 0 Å². The van der Waals surface area contributed by atoms with Gasteiger partial charge in [-0.3, -0.25) is 24.9 Å². The van der Waals surface area contributed by atoms with Crippen molar-refractivity contribution in [3.63, 3.8) is 0 Å². The fourth-order valence-corrected chi connectivity index (χ4v) is 3.46. The van der Waals surface area contributed by atoms with E-state index in [2.05, 4.69) is 15.3 Å². The number of amides is 1. The minimum Gasteiger partial charge on any atom is -0.505 e. The van der Waals surface area contributed by atoms with Crippen LogP contribution < -0.4 is 10.1 Å². The molecule has 0 radical (unpaired) electrons. The first-order valence-corrected chi connectivity index (χ1v) is 9.59. The topological polar surface area (TPSA) is 127 Å². The van der Waals surface area contributed by atoms with E-state index >= 15 is 0 Å². The molecule has 0 aliphatic heterocycles. The summed E-state index contributed by atoms with van der Waals surface area (Å²) in [6.45, 7) is 0. The van der Waals surface area contributed by atoms with Gasteiger partial charge in [-0.1, -0.05) is 12.1 Å². The molecule has 0 aliphatic carbocycles. The summed E-state index contributed by atoms with van der Waals surface area (Å²) in [6, 6.07) is 13.4. The van der Waals surface area contributed by atoms with Gasteiger partial charge in [0.2, 0.25) is 0 Å². The van der Waals surface area contributed by atoms with Crippen molar-refractivity contribution in [1.29, 1.82) is 0 Å². The van der Waals surface area contributed by atoms with E-state index in [9.17, 15) is 20.0 Å². The molecule has 9 nitrogen and oxygen atoms in total. The van der Waals surface area contributed by atoms with Crippen molar-refractivity contribution >= 4 is 22.5 Å². The first kappa shape index (κ1) is 20.7. The summed E-state index contributed by atoms with van der Waals surface area (Å²) in [4.78, 5) is 32.2. The first-order valence-electron chi connectivity index (χ1n) is 9.59. The Bertz CT molecular complexity index is 1290. The number of ether oxygens (including phenoxy) is 1. The van der Waals surface area contributed by atoms with E-state index in [4.69, 9.17) is 4.74 Å². The van der Waals surface area contributed by atoms with Gasteiger partial charge in [0.25, 0.3) is 11.6 Å². The molecule has 2 N–H and O–H groups in total. The van der Waals surface area contributed by atoms with Crippen molar-refractivity contribution < 1.29 is 19.6 Å². The molecular weight excluding hydrogens is 412 g/mol. The van der Waals surface area contributed by atoms with E-state index in [0.29, 0.717) is 16.9 Å². The number of benzene rings is 2. The molecule has 1 atom stereocenters. The smallest absolute Gasteiger partial charge is 0.279 e. The van der Waals surface area contributed by atoms with Gasteiger partial charge >= 0.3 is 0 Å². The van der Waals surface area contributed by atoms with Gasteiger partial charge in [-0.25, -0.2) is 0 Å². The summed E-state index contributed by atoms with van der Waals surface area (Å²) in [5, 5.41) is 25.8. The van der Waals surface area contributed by atoms with Crippen LogP contribution in [0.1, 0.15) is 27.5 Å². The second kappa shape index (κ2) is 8.68. The molecule has 4 rings (SSSR count). The SMILES string of the molecule is COc1ccc(C(NC(=O)c2ccncc2)c2cc([N+](=O)[O-])c3cccnc3c2O)cc1. The van der Waals surface area contributed by atoms with Gasteiger partial charge in [0.1, 0.15) is 17.0 Å². The molecule has 2 aromatic carbocycles. The zero-order chi connectivity index (χ0) is 22.7. The molecule has 9 heteroatoms. The normalized spacial score (nSPS) is 11.7. The van der Waals surface area contributed by atoms with Crippen LogP contribution in [0.2, 0.25) is 0 Å². The summed E-state index contributed by atoms with van der Waals surface area (Å²) in [5.74, 6) is -0.0817. The number of carbonyl (C=O) groups is 1. The highest BCUT2D eigenvalue weighted by molar-refractivity contribution is 5.96. The number of nitro groups is 1. The fraction of sp³-hybridized carbons (Fsp3) is 0.0870. The lowest BCUT2D eigenvalue weighted by molar-refractivity contribution is -0.383. The van der Waals surface area contributed by atoms with Crippen LogP contribution in [0.5, 0.6) is 11.5 Å². The minimum absolute atomic E-state index is 0.0772. The Hall–Kier alpha value is -4.53. The van der Waals surface area contributed by atoms with E-state index in [-0.39, 0.29) is 27.9 Å². The Morgan fingerprint density at radius 2 is 1.84 bits per heavy atom. The molecular formula is C23H18N4O5. The lowest BCUT2D eigenvalue weighted by atomic mass is 9.95. The third-order valence-corrected chi connectivity index (χ3v) is 5.05. The number of methoxy groups -OCH3 is 1. The van der Waals surface area contributed by atoms with E-state index in [1.54, 1.807) is 42.5 Å². The van der Waals surface area contributed by atoms with Gasteiger partial charge in [-0.2, -0.15) is 0 Å². The van der Waals surface area contributed by atoms with Gasteiger partial charge in [0, 0.05) is 35.8 Å². The number of hydrogen-bond donors (Lipinski definition) is 2. The van der Waals surface area contributed by atoms with E-state index < -0.39 is 16.9 Å². The van der Waals surface area contributed by atoms with Crippen LogP contribution >= 0.6 is 0 Å². The molecule has 0 fully saturated rings. The molecule has 0 bridgehead atoms. The highest BCUT2D eigenvalue weighted by Gasteiger charge is 2.27. The van der Waals surface area contributed by atoms with E-state index in [1.165, 1.54) is 37.8 Å². The highest BCUT2D eigenvalue weighted by Crippen LogP contribution is 2.39. The van der Waals surface area contributed by atoms with Crippen molar-refractivity contribution in [1.82, 2.24) is 15.3 Å². The maximum Gasteiger partial charge on any atom is 0.279 e. The van der Waals surface area contributed by atoms with Gasteiger partial charge < -0.3 is 15.2 Å². The number of aromatic hydroxyl groups is 1. The van der Waals surface area contributed by atoms with Gasteiger partial charge in [0.05, 0.1) is 23.5 Å². The van der Waals surface area contributed by atoms with Crippen LogP contribution in [-0.2, 0) is 0 Å². The van der Waals surface area contributed by atoms with Crippen molar-refractivity contribution in [2.75, 3.05) is 7.11 Å². The quantitative estimate of drug-likeness (QED) is 0.352. The molecule has 1 amide bonds. The van der Waals surface area contributed by atoms with Crippen LogP contribution in [-0.4, -0.2) is 33.0 Å². The minimum atomic E-state index is -0.897. The Balaban J connectivity index is 1.89. The summed E-state index contributed by atoms with van der Waals surface area (Å²) < 4.78 is 5.19. The number of phenolic OH excluding ortho intramolecular Hbond substituents is 1. The molecule has 0 spiro atoms. The number of phenols is 1. The molecule has 160 valence electrons. The lowest BCUT2D eigenvalue weighted by Gasteiger charge is -2.22. The molecule has 0 saturated carbocycles. The molecule has 2 heterocycles. The number of fused-ring (bicyclic) bond motifs is 1. The predicted molar refractivity (Wildman–Crippen MR) is 117 cm³/mol. The fourth-order valence-electron chi connectivity index (χ4n) is 3.46. The van der Waals surface area contributed by atoms with Crippen molar-refractivity contribution in [3.05, 3.63) is 100.0 Å². The Labute approximate surface area is 182 Å². The van der Waals surface area contributed by atoms with Crippen LogP contribution in [0, 0.1) is 10.1 Å². The predicted octanol–water partition coefficient (Wildman–Crippen LogP) is 3.77. The third kappa shape index (κ3) is 3.91. The number of carbonyl (C=O) groups excluding carboxylic acids is 1. The van der Waals surface area contributed by atoms with Crippen LogP contribution in [0.4, 0.5) is 5.69 Å². The Morgan fingerprint density at radius 1 is 1.12 bits per heavy atom. The van der Waals surface area contributed by atoms with Crippen LogP contribution in [0.3, 0.4) is 0 Å². The van der Waals surface area contributed by atoms with Crippen LogP contribution in [0.15, 0.2) is 73.2 Å². The molecule has 0 aliphatic rings. The molecule has 0 saturated heterocycles. The zero-order valence-electron chi connectivity index (χ0n) is 16.9. The molecule has 4 aromatic rings. The van der Waals surface area contributed by atoms with E-state index in [0.717, 1.165) is 0 Å². The number of hydrogen-bond acceptors (Lipinski definition) is 7. The maximum atomic E-state index is 12.9. The number of nitrogens with zero attached hydrogens (tertiary/aromatic N) is 3. The summed E-state index contributed by atoms with van der Waals surface area (Å²) in [7, 11) is 1.53. The number of non-ortho nitro benzene ring substituents is 1. The monoisotopic (exact) mass is 430 g/mol. The van der Waals surface area contributed by atoms with Crippen molar-refractivity contribution in [2.24, 2.45) is 0 Å². The number of nitrogens with one attached hydrogen (secondary N) is 1. The van der Waals surface area contributed by atoms with Crippen LogP contribution in [0.25, 0.3) is 10.9 Å². The summed E-state index contributed by atoms with van der Waals surface area (Å²) in [5.41, 5.74) is 0.945. The average Bonchev–Trinajstić information content (AvgIpc) is 2.83. The lowest BCUT2D eigenvalue weighted by Crippen LogP contribution is -2.29. The second-order valence-corrected chi connectivity index (χ2v) is 6.91. The average molecular weight is 430 g/mol. The van der Waals surface area contributed by atoms with Crippen molar-refractivity contribution in [2.45, 2.75) is 6.04 Å². The highest BCUT2D eigenvalue weighted by atomic mass is 16.6. The largest absolute Gasteiger partial charge is 0.505 e. The number of rotatable bonds is 6. The molecule has 32 heavy (non-hydrogen) atoms. The Morgan fingerprint density at radius 3 is 2.50 bits per heavy atom. The Kier molecular flexibility index (Phi) is 5.63. The molecule has 1 unspecified atom stereocenters. The van der Waals surface area contributed by atoms with Gasteiger partial charge in [0.15, 0.2) is 0 Å². The summed E-state index contributed by atoms with van der Waals surface area (Å²) >= 11 is 0. The maximum absolute atomic E-state index is 12.9. The second-order valence-electron chi connectivity index (χ2n) is 6.91. The number of nitro benzene ring substituents is 1. The standard InChI is InChI=1S/C23H18N4O5/c1-32-16-6-4-14(5-7-16)20(26-23(29)15-8-11-24-12-9-15)18-13-19(27(30)31)17-3-2-10-25-21(17)22(18)28/h2-13,20,28H,1H3,(H,26,29). The van der Waals surface area contributed by atoms with Gasteiger partial charge in [-0.05, 0) is 42.0 Å². The molecule has 2 aromatic heterocycles. The summed E-state index contributed by atoms with van der Waals surface area (Å²) in [6.07, 6.45) is 4.41. The number of pyridine rings is 2. The zero-order valence-corrected chi connectivity index (χ0v) is 16.9. The number of aromatic nitrogens is 2. The van der Waals surface area contributed by atoms with Crippen molar-refractivity contribution in [3.8, 4) is 11.5 Å².